The van der Waals surface area contributed by atoms with Gasteiger partial charge in [-0.25, -0.2) is 4.98 Å². The van der Waals surface area contributed by atoms with Gasteiger partial charge in [0.1, 0.15) is 5.82 Å². The highest BCUT2D eigenvalue weighted by molar-refractivity contribution is 9.07. The van der Waals surface area contributed by atoms with Gasteiger partial charge in [-0.3, -0.25) is 8.72 Å². The number of pyridine rings is 1. The number of hydrogen-bond acceptors (Lipinski definition) is 3. The number of carbonyl (C=O) groups excluding carboxylic acids is 1. The Morgan fingerprint density at radius 1 is 1.69 bits per heavy atom. The van der Waals surface area contributed by atoms with E-state index >= 15 is 0 Å². The molecule has 1 amide bonds. The number of nitrogens with two attached hydrogens (primary N) is 1. The Balaban J connectivity index is 2.59. The fraction of sp³-hybridized carbons (Fsp3) is 0.455. The minimum atomic E-state index is -0.176. The van der Waals surface area contributed by atoms with Gasteiger partial charge in [0.15, 0.2) is 0 Å². The van der Waals surface area contributed by atoms with Crippen molar-refractivity contribution in [3.8, 4) is 0 Å². The average Bonchev–Trinajstić information content (AvgIpc) is 2.22. The zero-order chi connectivity index (χ0) is 11.9. The van der Waals surface area contributed by atoms with E-state index in [1.54, 1.807) is 3.93 Å². The molecule has 1 aliphatic rings. The van der Waals surface area contributed by atoms with Gasteiger partial charge in [-0.1, -0.05) is 6.92 Å². The lowest BCUT2D eigenvalue weighted by molar-refractivity contribution is -0.128. The third-order valence-electron chi connectivity index (χ3n) is 2.97. The molecule has 2 rings (SSSR count). The molecule has 0 saturated carbocycles. The van der Waals surface area contributed by atoms with E-state index < -0.39 is 0 Å². The molecule has 1 aliphatic heterocycles. The first-order valence-corrected chi connectivity index (χ1v) is 5.98. The van der Waals surface area contributed by atoms with E-state index in [2.05, 4.69) is 21.1 Å². The molecule has 0 saturated heterocycles. The highest BCUT2D eigenvalue weighted by atomic mass is 79.9. The summed E-state index contributed by atoms with van der Waals surface area (Å²) in [6, 6.07) is 1.85. The van der Waals surface area contributed by atoms with Crippen LogP contribution in [-0.4, -0.2) is 14.8 Å². The smallest absolute Gasteiger partial charge is 0.241 e. The van der Waals surface area contributed by atoms with E-state index in [1.807, 2.05) is 19.9 Å². The summed E-state index contributed by atoms with van der Waals surface area (Å²) in [6.07, 6.45) is 0.740. The molecule has 1 aromatic rings. The van der Waals surface area contributed by atoms with Crippen LogP contribution in [0.25, 0.3) is 0 Å². The summed E-state index contributed by atoms with van der Waals surface area (Å²) in [6.45, 7) is 4.54. The van der Waals surface area contributed by atoms with Crippen LogP contribution in [0.3, 0.4) is 0 Å². The summed E-state index contributed by atoms with van der Waals surface area (Å²) in [7, 11) is 0. The molecule has 4 nitrogen and oxygen atoms in total. The van der Waals surface area contributed by atoms with Crippen molar-refractivity contribution in [2.45, 2.75) is 32.7 Å². The molecular weight excluding hydrogens is 270 g/mol. The maximum atomic E-state index is 11.9. The summed E-state index contributed by atoms with van der Waals surface area (Å²) in [5, 5.41) is 0. The van der Waals surface area contributed by atoms with E-state index in [1.165, 1.54) is 0 Å². The zero-order valence-electron chi connectivity index (χ0n) is 9.33. The monoisotopic (exact) mass is 283 g/mol. The third-order valence-corrected chi connectivity index (χ3v) is 3.57. The first kappa shape index (κ1) is 11.4. The Morgan fingerprint density at radius 3 is 3.00 bits per heavy atom. The van der Waals surface area contributed by atoms with Crippen LogP contribution in [0.4, 0.5) is 5.82 Å². The summed E-state index contributed by atoms with van der Waals surface area (Å²) < 4.78 is 1.58. The fourth-order valence-electron chi connectivity index (χ4n) is 2.11. The topological polar surface area (TPSA) is 59.2 Å². The van der Waals surface area contributed by atoms with Gasteiger partial charge in [-0.15, -0.1) is 0 Å². The Kier molecular flexibility index (Phi) is 2.88. The Hall–Kier alpha value is -1.10. The number of nitrogen functional groups attached to an aromatic ring is 1. The van der Waals surface area contributed by atoms with E-state index in [0.29, 0.717) is 12.4 Å². The molecule has 5 heteroatoms. The van der Waals surface area contributed by atoms with Crippen molar-refractivity contribution in [3.63, 3.8) is 0 Å². The highest BCUT2D eigenvalue weighted by Crippen LogP contribution is 2.34. The Bertz CT molecular complexity index is 447. The van der Waals surface area contributed by atoms with Gasteiger partial charge in [-0.2, -0.15) is 0 Å². The second kappa shape index (κ2) is 4.05. The Labute approximate surface area is 103 Å². The molecule has 0 bridgehead atoms. The number of nitrogens with zero attached hydrogens (tertiary/aromatic N) is 2. The number of aromatic nitrogens is 1. The SMILES string of the molecule is CCC1C(=O)N(Br)Cc2c(C)cc(N)nc21. The average molecular weight is 284 g/mol. The standard InChI is InChI=1S/C11H14BrN3O/c1-3-7-10-8(5-15(12)11(7)16)6(2)4-9(13)14-10/h4,7H,3,5H2,1-2H3,(H2,13,14). The number of aryl methyl sites for hydroxylation is 1. The zero-order valence-corrected chi connectivity index (χ0v) is 10.9. The molecule has 0 spiro atoms. The molecule has 0 fully saturated rings. The molecule has 0 aromatic carbocycles. The summed E-state index contributed by atoms with van der Waals surface area (Å²) in [4.78, 5) is 16.3. The van der Waals surface area contributed by atoms with E-state index in [0.717, 1.165) is 23.2 Å². The van der Waals surface area contributed by atoms with Crippen LogP contribution in [0.2, 0.25) is 0 Å². The predicted octanol–water partition coefficient (Wildman–Crippen LogP) is 2.12. The highest BCUT2D eigenvalue weighted by Gasteiger charge is 2.33. The van der Waals surface area contributed by atoms with Crippen molar-refractivity contribution in [2.75, 3.05) is 5.73 Å². The number of halogens is 1. The summed E-state index contributed by atoms with van der Waals surface area (Å²) in [5.74, 6) is 0.378. The van der Waals surface area contributed by atoms with Gasteiger partial charge < -0.3 is 5.73 Å². The summed E-state index contributed by atoms with van der Waals surface area (Å²) in [5.41, 5.74) is 8.78. The van der Waals surface area contributed by atoms with Crippen LogP contribution in [0.5, 0.6) is 0 Å². The largest absolute Gasteiger partial charge is 0.384 e. The lowest BCUT2D eigenvalue weighted by Crippen LogP contribution is -2.34. The Morgan fingerprint density at radius 2 is 2.38 bits per heavy atom. The lowest BCUT2D eigenvalue weighted by atomic mass is 9.91. The predicted molar refractivity (Wildman–Crippen MR) is 65.9 cm³/mol. The molecule has 0 aliphatic carbocycles. The van der Waals surface area contributed by atoms with Gasteiger partial charge in [0, 0.05) is 0 Å². The molecule has 86 valence electrons. The van der Waals surface area contributed by atoms with Crippen molar-refractivity contribution >= 4 is 27.9 Å². The molecule has 0 radical (unpaired) electrons. The minimum absolute atomic E-state index is 0.0625. The van der Waals surface area contributed by atoms with E-state index in [4.69, 9.17) is 5.73 Å². The van der Waals surface area contributed by atoms with Gasteiger partial charge >= 0.3 is 0 Å². The second-order valence-corrected chi connectivity index (χ2v) is 4.90. The normalized spacial score (nSPS) is 19.8. The van der Waals surface area contributed by atoms with Crippen LogP contribution in [-0.2, 0) is 11.3 Å². The first-order chi connectivity index (χ1) is 7.54. The van der Waals surface area contributed by atoms with Crippen molar-refractivity contribution in [3.05, 3.63) is 22.9 Å². The van der Waals surface area contributed by atoms with Gasteiger partial charge in [0.25, 0.3) is 0 Å². The van der Waals surface area contributed by atoms with Crippen LogP contribution in [0.15, 0.2) is 6.07 Å². The quantitative estimate of drug-likeness (QED) is 0.803. The van der Waals surface area contributed by atoms with Crippen LogP contribution >= 0.6 is 16.1 Å². The number of hydrogen-bond donors (Lipinski definition) is 1. The fourth-order valence-corrected chi connectivity index (χ4v) is 2.61. The van der Waals surface area contributed by atoms with Crippen molar-refractivity contribution in [2.24, 2.45) is 0 Å². The van der Waals surface area contributed by atoms with Crippen LogP contribution in [0.1, 0.15) is 36.1 Å². The third kappa shape index (κ3) is 1.69. The second-order valence-electron chi connectivity index (χ2n) is 4.05. The number of fused-ring (bicyclic) bond motifs is 1. The lowest BCUT2D eigenvalue weighted by Gasteiger charge is -2.29. The van der Waals surface area contributed by atoms with E-state index in [-0.39, 0.29) is 11.8 Å². The van der Waals surface area contributed by atoms with E-state index in [9.17, 15) is 4.79 Å². The molecule has 1 atom stereocenters. The number of rotatable bonds is 1. The molecule has 1 unspecified atom stereocenters. The van der Waals surface area contributed by atoms with Crippen molar-refractivity contribution in [1.29, 1.82) is 0 Å². The van der Waals surface area contributed by atoms with Gasteiger partial charge in [-0.05, 0) is 30.5 Å². The van der Waals surface area contributed by atoms with Gasteiger partial charge in [0.2, 0.25) is 5.91 Å². The molecular formula is C11H14BrN3O. The molecule has 16 heavy (non-hydrogen) atoms. The van der Waals surface area contributed by atoms with Crippen LogP contribution < -0.4 is 5.73 Å². The number of anilines is 1. The molecule has 1 aromatic heterocycles. The number of amides is 1. The van der Waals surface area contributed by atoms with Crippen molar-refractivity contribution in [1.82, 2.24) is 8.91 Å². The van der Waals surface area contributed by atoms with Crippen molar-refractivity contribution < 1.29 is 4.79 Å². The molecule has 2 heterocycles. The maximum absolute atomic E-state index is 11.9. The summed E-state index contributed by atoms with van der Waals surface area (Å²) >= 11 is 3.28. The molecule has 2 N–H and O–H groups in total. The van der Waals surface area contributed by atoms with Gasteiger partial charge in [0.05, 0.1) is 34.3 Å². The first-order valence-electron chi connectivity index (χ1n) is 5.27. The van der Waals surface area contributed by atoms with Crippen LogP contribution in [0, 0.1) is 6.92 Å². The number of carbonyl (C=O) groups is 1. The maximum Gasteiger partial charge on any atom is 0.241 e. The minimum Gasteiger partial charge on any atom is -0.384 e.